The molecule has 0 unspecified atom stereocenters. The monoisotopic (exact) mass is 384 g/mol. The molecular weight excluding hydrogens is 369 g/mol. The van der Waals surface area contributed by atoms with Crippen LogP contribution < -0.4 is 10.6 Å². The van der Waals surface area contributed by atoms with Crippen molar-refractivity contribution < 1.29 is 22.8 Å². The minimum atomic E-state index is -4.61. The second-order valence-corrected chi connectivity index (χ2v) is 5.91. The van der Waals surface area contributed by atoms with Crippen molar-refractivity contribution in [3.63, 3.8) is 0 Å². The van der Waals surface area contributed by atoms with E-state index in [2.05, 4.69) is 10.6 Å². The van der Waals surface area contributed by atoms with Gasteiger partial charge in [0.05, 0.1) is 17.0 Å². The largest absolute Gasteiger partial charge is 0.417 e. The van der Waals surface area contributed by atoms with E-state index in [-0.39, 0.29) is 31.0 Å². The van der Waals surface area contributed by atoms with Gasteiger partial charge in [0.25, 0.3) is 0 Å². The normalized spacial score (nSPS) is 11.1. The maximum absolute atomic E-state index is 12.8. The van der Waals surface area contributed by atoms with Crippen molar-refractivity contribution in [2.45, 2.75) is 19.0 Å². The predicted molar refractivity (Wildman–Crippen MR) is 92.9 cm³/mol. The van der Waals surface area contributed by atoms with Crippen LogP contribution in [0.4, 0.5) is 18.9 Å². The number of alkyl halides is 3. The first-order valence-corrected chi connectivity index (χ1v) is 8.11. The van der Waals surface area contributed by atoms with Gasteiger partial charge >= 0.3 is 6.18 Å². The molecule has 0 aliphatic heterocycles. The smallest absolute Gasteiger partial charge is 0.355 e. The third-order valence-electron chi connectivity index (χ3n) is 3.44. The summed E-state index contributed by atoms with van der Waals surface area (Å²) in [5.41, 5.74) is -0.189. The molecule has 0 atom stereocenters. The van der Waals surface area contributed by atoms with Crippen LogP contribution in [0.5, 0.6) is 0 Å². The van der Waals surface area contributed by atoms with E-state index in [1.54, 1.807) is 0 Å². The average molecular weight is 385 g/mol. The topological polar surface area (TPSA) is 58.2 Å². The van der Waals surface area contributed by atoms with Crippen molar-refractivity contribution in [3.05, 3.63) is 64.7 Å². The molecule has 2 aromatic rings. The summed E-state index contributed by atoms with van der Waals surface area (Å²) >= 11 is 5.52. The zero-order valence-corrected chi connectivity index (χ0v) is 14.3. The molecule has 0 radical (unpaired) electrons. The van der Waals surface area contributed by atoms with E-state index in [1.165, 1.54) is 6.07 Å². The van der Waals surface area contributed by atoms with Gasteiger partial charge < -0.3 is 10.6 Å². The maximum Gasteiger partial charge on any atom is 0.417 e. The average Bonchev–Trinajstić information content (AvgIpc) is 2.56. The van der Waals surface area contributed by atoms with Gasteiger partial charge in [0.2, 0.25) is 11.8 Å². The fraction of sp³-hybridized carbons (Fsp3) is 0.222. The summed E-state index contributed by atoms with van der Waals surface area (Å²) in [6, 6.07) is 12.2. The lowest BCUT2D eigenvalue weighted by Crippen LogP contribution is -2.28. The van der Waals surface area contributed by atoms with E-state index < -0.39 is 22.7 Å². The van der Waals surface area contributed by atoms with Crippen LogP contribution in [0.1, 0.15) is 17.5 Å². The molecule has 0 spiro atoms. The summed E-state index contributed by atoms with van der Waals surface area (Å²) in [5.74, 6) is -0.754. The highest BCUT2D eigenvalue weighted by Crippen LogP contribution is 2.36. The summed E-state index contributed by atoms with van der Waals surface area (Å²) < 4.78 is 38.4. The summed E-state index contributed by atoms with van der Waals surface area (Å²) in [5, 5.41) is 4.51. The minimum absolute atomic E-state index is 0.0117. The van der Waals surface area contributed by atoms with Gasteiger partial charge in [-0.15, -0.1) is 0 Å². The number of hydrogen-bond donors (Lipinski definition) is 2. The van der Waals surface area contributed by atoms with Crippen LogP contribution in [0.15, 0.2) is 48.5 Å². The van der Waals surface area contributed by atoms with Crippen molar-refractivity contribution in [1.29, 1.82) is 0 Å². The maximum atomic E-state index is 12.8. The van der Waals surface area contributed by atoms with Crippen LogP contribution in [-0.4, -0.2) is 18.4 Å². The summed E-state index contributed by atoms with van der Waals surface area (Å²) in [7, 11) is 0. The lowest BCUT2D eigenvalue weighted by Gasteiger charge is -2.12. The van der Waals surface area contributed by atoms with Crippen LogP contribution in [0.3, 0.4) is 0 Å². The molecule has 2 rings (SSSR count). The molecule has 0 fully saturated rings. The van der Waals surface area contributed by atoms with E-state index >= 15 is 0 Å². The van der Waals surface area contributed by atoms with Gasteiger partial charge in [0, 0.05) is 18.7 Å². The van der Waals surface area contributed by atoms with E-state index in [9.17, 15) is 22.8 Å². The Morgan fingerprint density at radius 2 is 1.69 bits per heavy atom. The van der Waals surface area contributed by atoms with Crippen LogP contribution in [0.25, 0.3) is 0 Å². The molecule has 0 bridgehead atoms. The van der Waals surface area contributed by atoms with Crippen molar-refractivity contribution in [1.82, 2.24) is 5.32 Å². The van der Waals surface area contributed by atoms with Gasteiger partial charge in [-0.25, -0.2) is 0 Å². The summed E-state index contributed by atoms with van der Waals surface area (Å²) in [6.45, 7) is 0.0806. The first-order chi connectivity index (χ1) is 12.3. The number of carbonyl (C=O) groups is 2. The van der Waals surface area contributed by atoms with E-state index in [1.807, 2.05) is 30.3 Å². The third kappa shape index (κ3) is 6.07. The molecule has 138 valence electrons. The number of carbonyl (C=O) groups excluding carboxylic acids is 2. The number of nitrogens with one attached hydrogen (secondary N) is 2. The Bertz CT molecular complexity index is 780. The van der Waals surface area contributed by atoms with Gasteiger partial charge in [0.15, 0.2) is 0 Å². The lowest BCUT2D eigenvalue weighted by atomic mass is 10.1. The standard InChI is InChI=1S/C18H16ClF3N2O2/c19-15-7-6-13(11-14(15)18(20,21)22)24-16(25)8-9-23-17(26)10-12-4-2-1-3-5-12/h1-7,11H,8-10H2,(H,23,26)(H,24,25). The highest BCUT2D eigenvalue weighted by Gasteiger charge is 2.33. The molecule has 2 aromatic carbocycles. The Morgan fingerprint density at radius 3 is 2.35 bits per heavy atom. The van der Waals surface area contributed by atoms with Gasteiger partial charge in [-0.3, -0.25) is 9.59 Å². The minimum Gasteiger partial charge on any atom is -0.355 e. The zero-order valence-electron chi connectivity index (χ0n) is 13.6. The summed E-state index contributed by atoms with van der Waals surface area (Å²) in [4.78, 5) is 23.6. The van der Waals surface area contributed by atoms with Crippen molar-refractivity contribution in [2.24, 2.45) is 0 Å². The van der Waals surface area contributed by atoms with E-state index in [4.69, 9.17) is 11.6 Å². The number of anilines is 1. The van der Waals surface area contributed by atoms with E-state index in [0.717, 1.165) is 17.7 Å². The van der Waals surface area contributed by atoms with Gasteiger partial charge in [-0.2, -0.15) is 13.2 Å². The molecule has 2 N–H and O–H groups in total. The van der Waals surface area contributed by atoms with Crippen LogP contribution >= 0.6 is 11.6 Å². The van der Waals surface area contributed by atoms with Crippen molar-refractivity contribution in [2.75, 3.05) is 11.9 Å². The lowest BCUT2D eigenvalue weighted by molar-refractivity contribution is -0.137. The molecule has 0 saturated carbocycles. The van der Waals surface area contributed by atoms with Crippen LogP contribution in [0.2, 0.25) is 5.02 Å². The Balaban J connectivity index is 1.81. The Labute approximate surface area is 153 Å². The quantitative estimate of drug-likeness (QED) is 0.789. The highest BCUT2D eigenvalue weighted by molar-refractivity contribution is 6.31. The highest BCUT2D eigenvalue weighted by atomic mass is 35.5. The predicted octanol–water partition coefficient (Wildman–Crippen LogP) is 4.05. The Hall–Kier alpha value is -2.54. The number of rotatable bonds is 6. The van der Waals surface area contributed by atoms with Gasteiger partial charge in [0.1, 0.15) is 0 Å². The summed E-state index contributed by atoms with van der Waals surface area (Å²) in [6.07, 6.45) is -4.48. The SMILES string of the molecule is O=C(Cc1ccccc1)NCCC(=O)Nc1ccc(Cl)c(C(F)(F)F)c1. The Morgan fingerprint density at radius 1 is 1.00 bits per heavy atom. The molecule has 0 aromatic heterocycles. The fourth-order valence-corrected chi connectivity index (χ4v) is 2.43. The van der Waals surface area contributed by atoms with Crippen LogP contribution in [-0.2, 0) is 22.2 Å². The molecule has 0 aliphatic carbocycles. The number of hydrogen-bond acceptors (Lipinski definition) is 2. The first-order valence-electron chi connectivity index (χ1n) is 7.73. The second kappa shape index (κ2) is 8.71. The molecule has 26 heavy (non-hydrogen) atoms. The zero-order chi connectivity index (χ0) is 19.2. The molecule has 0 saturated heterocycles. The number of halogens is 4. The second-order valence-electron chi connectivity index (χ2n) is 5.50. The third-order valence-corrected chi connectivity index (χ3v) is 3.77. The Kier molecular flexibility index (Phi) is 6.63. The number of benzene rings is 2. The van der Waals surface area contributed by atoms with E-state index in [0.29, 0.717) is 0 Å². The van der Waals surface area contributed by atoms with Crippen LogP contribution in [0, 0.1) is 0 Å². The van der Waals surface area contributed by atoms with Gasteiger partial charge in [-0.1, -0.05) is 41.9 Å². The molecule has 2 amide bonds. The first kappa shape index (κ1) is 19.8. The molecule has 4 nitrogen and oxygen atoms in total. The molecular formula is C18H16ClF3N2O2. The van der Waals surface area contributed by atoms with Crippen molar-refractivity contribution >= 4 is 29.1 Å². The van der Waals surface area contributed by atoms with Crippen molar-refractivity contribution in [3.8, 4) is 0 Å². The number of amides is 2. The molecule has 0 heterocycles. The van der Waals surface area contributed by atoms with Gasteiger partial charge in [-0.05, 0) is 23.8 Å². The molecule has 0 aliphatic rings. The fourth-order valence-electron chi connectivity index (χ4n) is 2.20. The molecule has 8 heteroatoms.